The lowest BCUT2D eigenvalue weighted by Gasteiger charge is -2.15. The zero-order chi connectivity index (χ0) is 8.85. The van der Waals surface area contributed by atoms with Gasteiger partial charge in [-0.2, -0.15) is 0 Å². The molecule has 0 fully saturated rings. The van der Waals surface area contributed by atoms with Crippen LogP contribution in [0.15, 0.2) is 12.7 Å². The molecular weight excluding hydrogens is 160 g/mol. The van der Waals surface area contributed by atoms with Crippen LogP contribution in [0, 0.1) is 10.8 Å². The van der Waals surface area contributed by atoms with Crippen molar-refractivity contribution in [2.75, 3.05) is 12.8 Å². The maximum atomic E-state index is 7.35. The van der Waals surface area contributed by atoms with E-state index in [1.165, 1.54) is 16.7 Å². The van der Waals surface area contributed by atoms with Gasteiger partial charge in [-0.3, -0.25) is 15.7 Å². The van der Waals surface area contributed by atoms with Gasteiger partial charge < -0.3 is 5.73 Å². The van der Waals surface area contributed by atoms with Gasteiger partial charge in [-0.1, -0.05) is 17.8 Å². The Bertz CT molecular complexity index is 177. The number of hydrogen-bond acceptors (Lipinski definition) is 3. The molecule has 0 saturated carbocycles. The first-order valence-electron chi connectivity index (χ1n) is 2.99. The molecule has 0 aliphatic carbocycles. The van der Waals surface area contributed by atoms with Gasteiger partial charge in [0.2, 0.25) is 0 Å². The van der Waals surface area contributed by atoms with Crippen LogP contribution in [0.3, 0.4) is 0 Å². The molecular formula is C6H12N4S. The Kier molecular flexibility index (Phi) is 4.36. The number of rotatable bonds is 2. The van der Waals surface area contributed by atoms with Gasteiger partial charge in [-0.25, -0.2) is 0 Å². The van der Waals surface area contributed by atoms with E-state index in [0.717, 1.165) is 0 Å². The standard InChI is InChI=1S/C6H12N4S/c1-3-4-11-6(9)10(2)5(7)8/h3,9H,1,4H2,2H3,(H3,7,8). The minimum absolute atomic E-state index is 0.119. The average Bonchev–Trinajstić information content (AvgIpc) is 1.98. The van der Waals surface area contributed by atoms with Crippen molar-refractivity contribution in [3.63, 3.8) is 0 Å². The molecule has 0 unspecified atom stereocenters. The molecule has 0 atom stereocenters. The fourth-order valence-corrected chi connectivity index (χ4v) is 0.912. The summed E-state index contributed by atoms with van der Waals surface area (Å²) in [6, 6.07) is 0. The van der Waals surface area contributed by atoms with E-state index < -0.39 is 0 Å². The third-order valence-corrected chi connectivity index (χ3v) is 1.95. The van der Waals surface area contributed by atoms with Crippen molar-refractivity contribution in [3.05, 3.63) is 12.7 Å². The highest BCUT2D eigenvalue weighted by Crippen LogP contribution is 2.04. The second-order valence-electron chi connectivity index (χ2n) is 1.85. The number of nitrogens with two attached hydrogens (primary N) is 1. The van der Waals surface area contributed by atoms with E-state index in [-0.39, 0.29) is 11.1 Å². The van der Waals surface area contributed by atoms with Crippen LogP contribution in [0.4, 0.5) is 0 Å². The average molecular weight is 172 g/mol. The summed E-state index contributed by atoms with van der Waals surface area (Å²) < 4.78 is 0. The normalized spacial score (nSPS) is 8.82. The van der Waals surface area contributed by atoms with Crippen LogP contribution in [0.5, 0.6) is 0 Å². The minimum atomic E-state index is -0.119. The quantitative estimate of drug-likeness (QED) is 0.325. The molecule has 5 heteroatoms. The molecule has 4 nitrogen and oxygen atoms in total. The molecule has 0 aliphatic rings. The van der Waals surface area contributed by atoms with Gasteiger partial charge in [-0.15, -0.1) is 6.58 Å². The second kappa shape index (κ2) is 4.79. The van der Waals surface area contributed by atoms with Gasteiger partial charge in [0, 0.05) is 12.8 Å². The van der Waals surface area contributed by atoms with Crippen LogP contribution in [-0.4, -0.2) is 28.8 Å². The Morgan fingerprint density at radius 1 is 1.73 bits per heavy atom. The molecule has 0 aromatic carbocycles. The Morgan fingerprint density at radius 3 is 2.64 bits per heavy atom. The van der Waals surface area contributed by atoms with E-state index in [1.807, 2.05) is 0 Å². The maximum Gasteiger partial charge on any atom is 0.194 e. The van der Waals surface area contributed by atoms with Crippen LogP contribution >= 0.6 is 11.8 Å². The number of nitrogens with zero attached hydrogens (tertiary/aromatic N) is 1. The summed E-state index contributed by atoms with van der Waals surface area (Å²) in [6.45, 7) is 3.52. The van der Waals surface area contributed by atoms with Crippen LogP contribution in [-0.2, 0) is 0 Å². The van der Waals surface area contributed by atoms with Gasteiger partial charge in [0.15, 0.2) is 11.1 Å². The fraction of sp³-hybridized carbons (Fsp3) is 0.333. The molecule has 0 aliphatic heterocycles. The summed E-state index contributed by atoms with van der Waals surface area (Å²) in [6.07, 6.45) is 1.70. The highest BCUT2D eigenvalue weighted by atomic mass is 32.2. The Labute approximate surface area is 70.5 Å². The van der Waals surface area contributed by atoms with E-state index in [9.17, 15) is 0 Å². The molecule has 0 amide bonds. The Balaban J connectivity index is 3.82. The summed E-state index contributed by atoms with van der Waals surface area (Å²) in [5, 5.41) is 14.6. The highest BCUT2D eigenvalue weighted by molar-refractivity contribution is 8.13. The van der Waals surface area contributed by atoms with Crippen LogP contribution in [0.2, 0.25) is 0 Å². The number of guanidine groups is 1. The summed E-state index contributed by atoms with van der Waals surface area (Å²) in [5.41, 5.74) is 5.14. The molecule has 0 aromatic rings. The summed E-state index contributed by atoms with van der Waals surface area (Å²) in [5.74, 6) is 0.544. The summed E-state index contributed by atoms with van der Waals surface area (Å²) in [4.78, 5) is 1.30. The fourth-order valence-electron chi connectivity index (χ4n) is 0.344. The van der Waals surface area contributed by atoms with E-state index in [1.54, 1.807) is 13.1 Å². The van der Waals surface area contributed by atoms with E-state index in [4.69, 9.17) is 16.6 Å². The van der Waals surface area contributed by atoms with Gasteiger partial charge in [-0.05, 0) is 0 Å². The maximum absolute atomic E-state index is 7.35. The van der Waals surface area contributed by atoms with Crippen molar-refractivity contribution >= 4 is 22.9 Å². The first-order chi connectivity index (χ1) is 5.09. The zero-order valence-corrected chi connectivity index (χ0v) is 7.24. The first-order valence-corrected chi connectivity index (χ1v) is 3.98. The first kappa shape index (κ1) is 10.0. The van der Waals surface area contributed by atoms with Crippen molar-refractivity contribution in [1.29, 1.82) is 10.8 Å². The Morgan fingerprint density at radius 2 is 2.27 bits per heavy atom. The van der Waals surface area contributed by atoms with E-state index >= 15 is 0 Å². The molecule has 0 radical (unpaired) electrons. The topological polar surface area (TPSA) is 77.0 Å². The van der Waals surface area contributed by atoms with Crippen molar-refractivity contribution in [3.8, 4) is 0 Å². The van der Waals surface area contributed by atoms with Crippen molar-refractivity contribution in [2.45, 2.75) is 0 Å². The van der Waals surface area contributed by atoms with E-state index in [0.29, 0.717) is 5.75 Å². The lowest BCUT2D eigenvalue weighted by molar-refractivity contribution is 0.744. The SMILES string of the molecule is C=CCSC(=N)N(C)C(=N)N. The van der Waals surface area contributed by atoms with Crippen LogP contribution in [0.1, 0.15) is 0 Å². The number of amidine groups is 1. The molecule has 0 aromatic heterocycles. The van der Waals surface area contributed by atoms with Crippen LogP contribution < -0.4 is 5.73 Å². The smallest absolute Gasteiger partial charge is 0.194 e. The van der Waals surface area contributed by atoms with E-state index in [2.05, 4.69) is 6.58 Å². The number of thioether (sulfide) groups is 1. The van der Waals surface area contributed by atoms with Crippen molar-refractivity contribution < 1.29 is 0 Å². The molecule has 0 spiro atoms. The lowest BCUT2D eigenvalue weighted by atomic mass is 10.8. The predicted octanol–water partition coefficient (Wildman–Crippen LogP) is 0.666. The third-order valence-electron chi connectivity index (χ3n) is 1.00. The summed E-state index contributed by atoms with van der Waals surface area (Å²) in [7, 11) is 1.58. The number of nitrogens with one attached hydrogen (secondary N) is 2. The largest absolute Gasteiger partial charge is 0.370 e. The van der Waals surface area contributed by atoms with Crippen molar-refractivity contribution in [1.82, 2.24) is 4.90 Å². The van der Waals surface area contributed by atoms with Crippen LogP contribution in [0.25, 0.3) is 0 Å². The van der Waals surface area contributed by atoms with Gasteiger partial charge >= 0.3 is 0 Å². The van der Waals surface area contributed by atoms with Gasteiger partial charge in [0.1, 0.15) is 0 Å². The third kappa shape index (κ3) is 3.67. The molecule has 0 heterocycles. The minimum Gasteiger partial charge on any atom is -0.370 e. The summed E-state index contributed by atoms with van der Waals surface area (Å²) >= 11 is 1.28. The molecule has 4 N–H and O–H groups in total. The Hall–Kier alpha value is -0.970. The van der Waals surface area contributed by atoms with Gasteiger partial charge in [0.05, 0.1) is 0 Å². The molecule has 0 bridgehead atoms. The van der Waals surface area contributed by atoms with Gasteiger partial charge in [0.25, 0.3) is 0 Å². The molecule has 0 rings (SSSR count). The zero-order valence-electron chi connectivity index (χ0n) is 6.42. The highest BCUT2D eigenvalue weighted by Gasteiger charge is 2.05. The molecule has 62 valence electrons. The second-order valence-corrected chi connectivity index (χ2v) is 2.86. The molecule has 11 heavy (non-hydrogen) atoms. The monoisotopic (exact) mass is 172 g/mol. The predicted molar refractivity (Wildman–Crippen MR) is 50.1 cm³/mol. The lowest BCUT2D eigenvalue weighted by Crippen LogP contribution is -2.36. The van der Waals surface area contributed by atoms with Crippen molar-refractivity contribution in [2.24, 2.45) is 5.73 Å². The number of hydrogen-bond donors (Lipinski definition) is 3. The molecule has 0 saturated heterocycles.